The van der Waals surface area contributed by atoms with Gasteiger partial charge < -0.3 is 10.2 Å². The van der Waals surface area contributed by atoms with E-state index in [1.165, 1.54) is 23.4 Å². The van der Waals surface area contributed by atoms with Crippen molar-refractivity contribution in [2.45, 2.75) is 25.8 Å². The average Bonchev–Trinajstić information content (AvgIpc) is 2.87. The van der Waals surface area contributed by atoms with Gasteiger partial charge in [-0.25, -0.2) is 4.39 Å². The summed E-state index contributed by atoms with van der Waals surface area (Å²) in [6, 6.07) is 14.7. The number of fused-ring (bicyclic) bond motifs is 1. The fraction of sp³-hybridized carbons (Fsp3) is 0.316. The number of anilines is 1. The Morgan fingerprint density at radius 1 is 1.26 bits per heavy atom. The Kier molecular flexibility index (Phi) is 4.60. The molecule has 120 valence electrons. The molecule has 3 rings (SSSR count). The van der Waals surface area contributed by atoms with Gasteiger partial charge in [0.2, 0.25) is 0 Å². The van der Waals surface area contributed by atoms with Gasteiger partial charge in [-0.05, 0) is 49.6 Å². The van der Waals surface area contributed by atoms with Gasteiger partial charge in [-0.2, -0.15) is 0 Å². The summed E-state index contributed by atoms with van der Waals surface area (Å²) in [6.45, 7) is 3.72. The fourth-order valence-electron chi connectivity index (χ4n) is 3.15. The Balaban J connectivity index is 1.50. The van der Waals surface area contributed by atoms with E-state index in [0.717, 1.165) is 19.4 Å². The zero-order valence-electron chi connectivity index (χ0n) is 13.3. The van der Waals surface area contributed by atoms with Gasteiger partial charge in [-0.3, -0.25) is 4.79 Å². The average molecular weight is 312 g/mol. The van der Waals surface area contributed by atoms with Crippen LogP contribution in [0, 0.1) is 5.82 Å². The number of nitrogens with one attached hydrogen (secondary N) is 1. The molecule has 0 spiro atoms. The third-order valence-corrected chi connectivity index (χ3v) is 4.30. The first-order chi connectivity index (χ1) is 11.1. The van der Waals surface area contributed by atoms with E-state index in [2.05, 4.69) is 41.4 Å². The van der Waals surface area contributed by atoms with Gasteiger partial charge in [0.15, 0.2) is 0 Å². The zero-order chi connectivity index (χ0) is 16.2. The Bertz CT molecular complexity index is 701. The highest BCUT2D eigenvalue weighted by Crippen LogP contribution is 2.31. The lowest BCUT2D eigenvalue weighted by molar-refractivity contribution is 0.0953. The second kappa shape index (κ2) is 6.82. The summed E-state index contributed by atoms with van der Waals surface area (Å²) in [5.74, 6) is -0.612. The van der Waals surface area contributed by atoms with Crippen molar-refractivity contribution in [1.82, 2.24) is 5.32 Å². The van der Waals surface area contributed by atoms with Gasteiger partial charge in [-0.15, -0.1) is 0 Å². The van der Waals surface area contributed by atoms with Crippen LogP contribution in [0.3, 0.4) is 0 Å². The summed E-state index contributed by atoms with van der Waals surface area (Å²) in [5, 5.41) is 2.86. The molecule has 1 unspecified atom stereocenters. The third-order valence-electron chi connectivity index (χ3n) is 4.30. The number of carbonyl (C=O) groups excluding carboxylic acids is 1. The number of nitrogens with zero attached hydrogens (tertiary/aromatic N) is 1. The predicted molar refractivity (Wildman–Crippen MR) is 90.3 cm³/mol. The predicted octanol–water partition coefficient (Wildman–Crippen LogP) is 3.40. The first kappa shape index (κ1) is 15.5. The molecular weight excluding hydrogens is 291 g/mol. The maximum atomic E-state index is 13.1. The van der Waals surface area contributed by atoms with Gasteiger partial charge in [0.1, 0.15) is 5.82 Å². The highest BCUT2D eigenvalue weighted by molar-refractivity contribution is 5.94. The van der Waals surface area contributed by atoms with Crippen molar-refractivity contribution >= 4 is 11.6 Å². The van der Waals surface area contributed by atoms with E-state index < -0.39 is 0 Å². The molecule has 1 heterocycles. The van der Waals surface area contributed by atoms with Crippen LogP contribution in [0.4, 0.5) is 10.1 Å². The van der Waals surface area contributed by atoms with Crippen LogP contribution in [0.25, 0.3) is 0 Å². The normalized spacial score (nSPS) is 16.3. The lowest BCUT2D eigenvalue weighted by Gasteiger charge is -2.24. The summed E-state index contributed by atoms with van der Waals surface area (Å²) in [6.07, 6.45) is 1.94. The highest BCUT2D eigenvalue weighted by Gasteiger charge is 2.24. The molecule has 1 aliphatic heterocycles. The van der Waals surface area contributed by atoms with E-state index in [1.54, 1.807) is 12.1 Å². The Hall–Kier alpha value is -2.36. The lowest BCUT2D eigenvalue weighted by atomic mass is 10.1. The molecule has 1 aliphatic rings. The number of carbonyl (C=O) groups is 1. The van der Waals surface area contributed by atoms with Crippen molar-refractivity contribution in [1.29, 1.82) is 0 Å². The minimum atomic E-state index is -0.389. The number of halogens is 1. The van der Waals surface area contributed by atoms with Gasteiger partial charge in [0, 0.05) is 30.4 Å². The number of hydrogen-bond donors (Lipinski definition) is 1. The third kappa shape index (κ3) is 3.52. The van der Waals surface area contributed by atoms with E-state index in [4.69, 9.17) is 0 Å². The molecule has 1 N–H and O–H groups in total. The van der Waals surface area contributed by atoms with Crippen LogP contribution < -0.4 is 10.2 Å². The summed E-state index contributed by atoms with van der Waals surface area (Å²) >= 11 is 0. The maximum absolute atomic E-state index is 13.1. The van der Waals surface area contributed by atoms with Crippen molar-refractivity contribution in [3.63, 3.8) is 0 Å². The molecule has 0 bridgehead atoms. The van der Waals surface area contributed by atoms with Crippen LogP contribution in [0.2, 0.25) is 0 Å². The van der Waals surface area contributed by atoms with Crippen LogP contribution in [0.5, 0.6) is 0 Å². The monoisotopic (exact) mass is 312 g/mol. The van der Waals surface area contributed by atoms with Gasteiger partial charge in [0.25, 0.3) is 5.91 Å². The van der Waals surface area contributed by atoms with Crippen molar-refractivity contribution in [2.24, 2.45) is 0 Å². The lowest BCUT2D eigenvalue weighted by Crippen LogP contribution is -2.33. The molecule has 23 heavy (non-hydrogen) atoms. The molecule has 4 heteroatoms. The van der Waals surface area contributed by atoms with E-state index in [1.807, 2.05) is 0 Å². The quantitative estimate of drug-likeness (QED) is 0.858. The fourth-order valence-corrected chi connectivity index (χ4v) is 3.15. The second-order valence-electron chi connectivity index (χ2n) is 6.00. The standard InChI is InChI=1S/C19H21FN2O/c1-14-12-15-6-2-3-9-18(15)22(14)11-5-10-21-19(23)16-7-4-8-17(20)13-16/h2-4,6-9,13-14H,5,10-12H2,1H3,(H,21,23). The molecule has 0 aromatic heterocycles. The van der Waals surface area contributed by atoms with Crippen molar-refractivity contribution in [3.05, 3.63) is 65.5 Å². The van der Waals surface area contributed by atoms with E-state index in [9.17, 15) is 9.18 Å². The van der Waals surface area contributed by atoms with Crippen LogP contribution in [-0.4, -0.2) is 25.0 Å². The summed E-state index contributed by atoms with van der Waals surface area (Å²) in [7, 11) is 0. The number of para-hydroxylation sites is 1. The van der Waals surface area contributed by atoms with Crippen LogP contribution >= 0.6 is 0 Å². The van der Waals surface area contributed by atoms with E-state index in [0.29, 0.717) is 18.2 Å². The van der Waals surface area contributed by atoms with Crippen LogP contribution in [0.15, 0.2) is 48.5 Å². The summed E-state index contributed by atoms with van der Waals surface area (Å²) in [4.78, 5) is 14.4. The molecule has 0 aliphatic carbocycles. The first-order valence-electron chi connectivity index (χ1n) is 8.03. The topological polar surface area (TPSA) is 32.3 Å². The first-order valence-corrected chi connectivity index (χ1v) is 8.03. The molecular formula is C19H21FN2O. The minimum absolute atomic E-state index is 0.223. The molecule has 2 aromatic carbocycles. The van der Waals surface area contributed by atoms with Gasteiger partial charge in [0.05, 0.1) is 0 Å². The second-order valence-corrected chi connectivity index (χ2v) is 6.00. The van der Waals surface area contributed by atoms with E-state index >= 15 is 0 Å². The molecule has 1 atom stereocenters. The minimum Gasteiger partial charge on any atom is -0.368 e. The maximum Gasteiger partial charge on any atom is 0.251 e. The van der Waals surface area contributed by atoms with Crippen molar-refractivity contribution < 1.29 is 9.18 Å². The zero-order valence-corrected chi connectivity index (χ0v) is 13.3. The molecule has 0 saturated carbocycles. The number of hydrogen-bond acceptors (Lipinski definition) is 2. The molecule has 0 saturated heterocycles. The largest absolute Gasteiger partial charge is 0.368 e. The molecule has 3 nitrogen and oxygen atoms in total. The molecule has 0 radical (unpaired) electrons. The van der Waals surface area contributed by atoms with Crippen LogP contribution in [-0.2, 0) is 6.42 Å². The number of rotatable bonds is 5. The highest BCUT2D eigenvalue weighted by atomic mass is 19.1. The number of amides is 1. The Labute approximate surface area is 136 Å². The van der Waals surface area contributed by atoms with Crippen LogP contribution in [0.1, 0.15) is 29.3 Å². The molecule has 2 aromatic rings. The number of benzene rings is 2. The van der Waals surface area contributed by atoms with Crippen molar-refractivity contribution in [3.8, 4) is 0 Å². The molecule has 0 fully saturated rings. The molecule has 1 amide bonds. The smallest absolute Gasteiger partial charge is 0.251 e. The van der Waals surface area contributed by atoms with Gasteiger partial charge >= 0.3 is 0 Å². The summed E-state index contributed by atoms with van der Waals surface area (Å²) < 4.78 is 13.1. The summed E-state index contributed by atoms with van der Waals surface area (Å²) in [5.41, 5.74) is 3.06. The SMILES string of the molecule is CC1Cc2ccccc2N1CCCNC(=O)c1cccc(F)c1. The Morgan fingerprint density at radius 3 is 2.91 bits per heavy atom. The van der Waals surface area contributed by atoms with E-state index in [-0.39, 0.29) is 11.7 Å². The van der Waals surface area contributed by atoms with Crippen molar-refractivity contribution in [2.75, 3.05) is 18.0 Å². The Morgan fingerprint density at radius 2 is 2.09 bits per heavy atom. The van der Waals surface area contributed by atoms with Gasteiger partial charge in [-0.1, -0.05) is 24.3 Å².